The summed E-state index contributed by atoms with van der Waals surface area (Å²) in [5.41, 5.74) is 2.63. The molecule has 0 unspecified atom stereocenters. The van der Waals surface area contributed by atoms with Gasteiger partial charge in [-0.1, -0.05) is 30.0 Å². The molecule has 36 heavy (non-hydrogen) atoms. The number of esters is 1. The lowest BCUT2D eigenvalue weighted by molar-refractivity contribution is -0.113. The van der Waals surface area contributed by atoms with E-state index in [9.17, 15) is 9.59 Å². The van der Waals surface area contributed by atoms with E-state index in [1.807, 2.05) is 37.5 Å². The number of nitrogens with one attached hydrogen (secondary N) is 1. The third kappa shape index (κ3) is 4.94. The third-order valence-corrected chi connectivity index (χ3v) is 9.20. The van der Waals surface area contributed by atoms with Crippen molar-refractivity contribution in [1.82, 2.24) is 14.8 Å². The van der Waals surface area contributed by atoms with Crippen molar-refractivity contribution >= 4 is 61.4 Å². The minimum atomic E-state index is -0.356. The number of nitrogens with zero attached hydrogens (tertiary/aromatic N) is 3. The molecule has 4 aromatic rings. The molecule has 0 atom stereocenters. The molecule has 1 aliphatic rings. The lowest BCUT2D eigenvalue weighted by atomic mass is 9.95. The molecule has 0 bridgehead atoms. The van der Waals surface area contributed by atoms with Gasteiger partial charge in [-0.05, 0) is 58.1 Å². The SMILES string of the molecule is CCn1c(SCC(=O)Nc2sc3c(c2C(=O)OC(C)C)CCCC3)nnc1-c1csc2ccccc12. The van der Waals surface area contributed by atoms with E-state index in [-0.39, 0.29) is 23.7 Å². The molecule has 0 saturated heterocycles. The molecular formula is C26H28N4O3S3. The van der Waals surface area contributed by atoms with E-state index in [0.29, 0.717) is 22.3 Å². The van der Waals surface area contributed by atoms with Gasteiger partial charge in [-0.25, -0.2) is 4.79 Å². The lowest BCUT2D eigenvalue weighted by Crippen LogP contribution is -2.19. The summed E-state index contributed by atoms with van der Waals surface area (Å²) in [5.74, 6) is 0.447. The topological polar surface area (TPSA) is 86.1 Å². The molecule has 5 rings (SSSR count). The van der Waals surface area contributed by atoms with Gasteiger partial charge in [0.2, 0.25) is 5.91 Å². The molecule has 1 amide bonds. The van der Waals surface area contributed by atoms with Crippen LogP contribution in [0.3, 0.4) is 0 Å². The van der Waals surface area contributed by atoms with E-state index in [0.717, 1.165) is 48.0 Å². The van der Waals surface area contributed by atoms with Crippen LogP contribution < -0.4 is 5.32 Å². The average Bonchev–Trinajstić information content (AvgIpc) is 3.56. The van der Waals surface area contributed by atoms with Crippen LogP contribution in [0.1, 0.15) is 54.4 Å². The number of fused-ring (bicyclic) bond motifs is 2. The summed E-state index contributed by atoms with van der Waals surface area (Å²) < 4.78 is 8.75. The maximum Gasteiger partial charge on any atom is 0.341 e. The Balaban J connectivity index is 1.33. The third-order valence-electron chi connectivity index (χ3n) is 6.06. The number of hydrogen-bond donors (Lipinski definition) is 1. The summed E-state index contributed by atoms with van der Waals surface area (Å²) >= 11 is 4.54. The van der Waals surface area contributed by atoms with Crippen LogP contribution in [0.25, 0.3) is 21.5 Å². The molecule has 3 heterocycles. The molecule has 0 radical (unpaired) electrons. The Morgan fingerprint density at radius 3 is 2.81 bits per heavy atom. The van der Waals surface area contributed by atoms with Gasteiger partial charge in [0, 0.05) is 32.5 Å². The molecule has 3 aromatic heterocycles. The molecule has 0 aliphatic heterocycles. The molecule has 188 valence electrons. The highest BCUT2D eigenvalue weighted by atomic mass is 32.2. The van der Waals surface area contributed by atoms with E-state index in [2.05, 4.69) is 33.0 Å². The van der Waals surface area contributed by atoms with Gasteiger partial charge < -0.3 is 14.6 Å². The number of hydrogen-bond acceptors (Lipinski definition) is 8. The summed E-state index contributed by atoms with van der Waals surface area (Å²) in [4.78, 5) is 27.0. The van der Waals surface area contributed by atoms with Crippen molar-refractivity contribution in [3.05, 3.63) is 45.6 Å². The maximum atomic E-state index is 13.0. The summed E-state index contributed by atoms with van der Waals surface area (Å²) in [6, 6.07) is 8.26. The van der Waals surface area contributed by atoms with E-state index >= 15 is 0 Å². The number of carbonyl (C=O) groups is 2. The zero-order valence-corrected chi connectivity index (χ0v) is 22.9. The van der Waals surface area contributed by atoms with Crippen molar-refractivity contribution in [2.45, 2.75) is 64.3 Å². The van der Waals surface area contributed by atoms with Gasteiger partial charge in [-0.2, -0.15) is 0 Å². The van der Waals surface area contributed by atoms with Gasteiger partial charge >= 0.3 is 5.97 Å². The van der Waals surface area contributed by atoms with Crippen molar-refractivity contribution in [2.24, 2.45) is 0 Å². The van der Waals surface area contributed by atoms with Gasteiger partial charge in [0.05, 0.1) is 17.4 Å². The normalized spacial score (nSPS) is 13.2. The second-order valence-electron chi connectivity index (χ2n) is 8.90. The predicted octanol–water partition coefficient (Wildman–Crippen LogP) is 6.42. The van der Waals surface area contributed by atoms with Crippen molar-refractivity contribution in [3.8, 4) is 11.4 Å². The number of amides is 1. The average molecular weight is 541 g/mol. The second kappa shape index (κ2) is 10.7. The zero-order chi connectivity index (χ0) is 25.2. The van der Waals surface area contributed by atoms with Crippen LogP contribution in [0.4, 0.5) is 5.00 Å². The van der Waals surface area contributed by atoms with Crippen molar-refractivity contribution in [1.29, 1.82) is 0 Å². The van der Waals surface area contributed by atoms with Crippen molar-refractivity contribution in [2.75, 3.05) is 11.1 Å². The highest BCUT2D eigenvalue weighted by Crippen LogP contribution is 2.39. The Bertz CT molecular complexity index is 1420. The first-order valence-electron chi connectivity index (χ1n) is 12.1. The fourth-order valence-electron chi connectivity index (χ4n) is 4.47. The minimum Gasteiger partial charge on any atom is -0.459 e. The number of carbonyl (C=O) groups excluding carboxylic acids is 2. The molecular weight excluding hydrogens is 513 g/mol. The Hall–Kier alpha value is -2.69. The number of aromatic nitrogens is 3. The summed E-state index contributed by atoms with van der Waals surface area (Å²) in [6.07, 6.45) is 3.71. The van der Waals surface area contributed by atoms with Crippen molar-refractivity contribution in [3.63, 3.8) is 0 Å². The Morgan fingerprint density at radius 2 is 2.00 bits per heavy atom. The Morgan fingerprint density at radius 1 is 1.19 bits per heavy atom. The van der Waals surface area contributed by atoms with E-state index in [1.165, 1.54) is 32.7 Å². The summed E-state index contributed by atoms with van der Waals surface area (Å²) in [6.45, 7) is 6.42. The second-order valence-corrected chi connectivity index (χ2v) is 11.9. The van der Waals surface area contributed by atoms with Gasteiger partial charge in [-0.3, -0.25) is 4.79 Å². The Kier molecular flexibility index (Phi) is 7.45. The fourth-order valence-corrected chi connectivity index (χ4v) is 7.50. The number of benzene rings is 1. The molecule has 1 aliphatic carbocycles. The monoisotopic (exact) mass is 540 g/mol. The molecule has 10 heteroatoms. The highest BCUT2D eigenvalue weighted by molar-refractivity contribution is 7.99. The van der Waals surface area contributed by atoms with Crippen LogP contribution in [0.2, 0.25) is 0 Å². The molecule has 0 saturated carbocycles. The summed E-state index contributed by atoms with van der Waals surface area (Å²) in [5, 5.41) is 16.4. The highest BCUT2D eigenvalue weighted by Gasteiger charge is 2.28. The van der Waals surface area contributed by atoms with E-state index in [1.54, 1.807) is 11.3 Å². The van der Waals surface area contributed by atoms with Gasteiger partial charge in [0.1, 0.15) is 5.00 Å². The predicted molar refractivity (Wildman–Crippen MR) is 147 cm³/mol. The first kappa shape index (κ1) is 25.0. The number of anilines is 1. The number of rotatable bonds is 8. The summed E-state index contributed by atoms with van der Waals surface area (Å²) in [7, 11) is 0. The maximum absolute atomic E-state index is 13.0. The van der Waals surface area contributed by atoms with Crippen LogP contribution in [0.15, 0.2) is 34.8 Å². The number of thiophene rings is 2. The quantitative estimate of drug-likeness (QED) is 0.205. The van der Waals surface area contributed by atoms with Gasteiger partial charge in [-0.15, -0.1) is 32.9 Å². The minimum absolute atomic E-state index is 0.170. The number of aryl methyl sites for hydroxylation is 1. The van der Waals surface area contributed by atoms with Gasteiger partial charge in [0.15, 0.2) is 11.0 Å². The van der Waals surface area contributed by atoms with E-state index in [4.69, 9.17) is 4.74 Å². The van der Waals surface area contributed by atoms with Gasteiger partial charge in [0.25, 0.3) is 0 Å². The van der Waals surface area contributed by atoms with Crippen LogP contribution in [0.5, 0.6) is 0 Å². The van der Waals surface area contributed by atoms with Crippen LogP contribution >= 0.6 is 34.4 Å². The fraction of sp³-hybridized carbons (Fsp3) is 0.385. The first-order chi connectivity index (χ1) is 17.5. The van der Waals surface area contributed by atoms with Crippen LogP contribution in [-0.2, 0) is 28.9 Å². The smallest absolute Gasteiger partial charge is 0.341 e. The van der Waals surface area contributed by atoms with Crippen LogP contribution in [0, 0.1) is 0 Å². The Labute approximate surface area is 222 Å². The molecule has 7 nitrogen and oxygen atoms in total. The molecule has 1 aromatic carbocycles. The van der Waals surface area contributed by atoms with Crippen molar-refractivity contribution < 1.29 is 14.3 Å². The lowest BCUT2D eigenvalue weighted by Gasteiger charge is -2.14. The standard InChI is InChI=1S/C26H28N4O3S3/c1-4-30-23(18-13-34-19-11-7-5-9-16(18)19)28-29-26(30)35-14-21(31)27-24-22(25(32)33-15(2)3)17-10-6-8-12-20(17)36-24/h5,7,9,11,13,15H,4,6,8,10,12,14H2,1-3H3,(H,27,31). The largest absolute Gasteiger partial charge is 0.459 e. The number of ether oxygens (including phenoxy) is 1. The van der Waals surface area contributed by atoms with Crippen LogP contribution in [-0.4, -0.2) is 38.5 Å². The zero-order valence-electron chi connectivity index (χ0n) is 20.5. The number of thioether (sulfide) groups is 1. The molecule has 0 fully saturated rings. The first-order valence-corrected chi connectivity index (χ1v) is 14.8. The van der Waals surface area contributed by atoms with E-state index < -0.39 is 0 Å². The molecule has 0 spiro atoms. The molecule has 1 N–H and O–H groups in total.